The van der Waals surface area contributed by atoms with E-state index in [-0.39, 0.29) is 17.2 Å². The standard InChI is InChI=1S/C25H20F4N2O4/c1-15-19(8-5-9-20(15)31-23(33)17-6-3-2-4-7-17)30-22(32)13-11-16-10-12-18(34-24(26)27)14-21(16)35-25(28)29/h2-14,24-25H,1H3,(H,30,32)(H,31,33). The highest BCUT2D eigenvalue weighted by molar-refractivity contribution is 6.06. The third-order valence-electron chi connectivity index (χ3n) is 4.72. The van der Waals surface area contributed by atoms with Crippen LogP contribution in [-0.4, -0.2) is 25.0 Å². The van der Waals surface area contributed by atoms with Crippen LogP contribution in [0.4, 0.5) is 28.9 Å². The van der Waals surface area contributed by atoms with E-state index in [0.29, 0.717) is 22.5 Å². The lowest BCUT2D eigenvalue weighted by Crippen LogP contribution is -2.14. The summed E-state index contributed by atoms with van der Waals surface area (Å²) < 4.78 is 58.7. The van der Waals surface area contributed by atoms with Crippen LogP contribution in [0, 0.1) is 6.92 Å². The Labute approximate surface area is 198 Å². The van der Waals surface area contributed by atoms with Crippen molar-refractivity contribution in [2.24, 2.45) is 0 Å². The van der Waals surface area contributed by atoms with Crippen LogP contribution in [-0.2, 0) is 4.79 Å². The van der Waals surface area contributed by atoms with E-state index >= 15 is 0 Å². The van der Waals surface area contributed by atoms with Crippen LogP contribution in [0.3, 0.4) is 0 Å². The number of ether oxygens (including phenoxy) is 2. The fourth-order valence-electron chi connectivity index (χ4n) is 3.06. The number of hydrogen-bond acceptors (Lipinski definition) is 4. The molecule has 0 bridgehead atoms. The largest absolute Gasteiger partial charge is 0.435 e. The molecule has 0 aliphatic carbocycles. The Morgan fingerprint density at radius 3 is 2.14 bits per heavy atom. The SMILES string of the molecule is Cc1c(NC(=O)C=Cc2ccc(OC(F)F)cc2OC(F)F)cccc1NC(=O)c1ccccc1. The number of halogens is 4. The Hall–Kier alpha value is -4.34. The summed E-state index contributed by atoms with van der Waals surface area (Å²) in [6.07, 6.45) is 2.26. The van der Waals surface area contributed by atoms with Crippen molar-refractivity contribution in [2.45, 2.75) is 20.1 Å². The lowest BCUT2D eigenvalue weighted by atomic mass is 10.1. The van der Waals surface area contributed by atoms with Crippen LogP contribution in [0.2, 0.25) is 0 Å². The van der Waals surface area contributed by atoms with E-state index in [9.17, 15) is 27.2 Å². The van der Waals surface area contributed by atoms with Crippen molar-refractivity contribution < 1.29 is 36.6 Å². The second-order valence-corrected chi connectivity index (χ2v) is 7.08. The van der Waals surface area contributed by atoms with Crippen molar-refractivity contribution >= 4 is 29.3 Å². The zero-order chi connectivity index (χ0) is 25.4. The van der Waals surface area contributed by atoms with Crippen LogP contribution in [0.5, 0.6) is 11.5 Å². The van der Waals surface area contributed by atoms with E-state index in [1.807, 2.05) is 0 Å². The van der Waals surface area contributed by atoms with Gasteiger partial charge in [0.2, 0.25) is 5.91 Å². The maximum atomic E-state index is 12.7. The molecule has 182 valence electrons. The smallest absolute Gasteiger partial charge is 0.387 e. The third kappa shape index (κ3) is 7.32. The normalized spacial score (nSPS) is 11.1. The Bertz CT molecular complexity index is 1220. The quantitative estimate of drug-likeness (QED) is 0.282. The number of benzene rings is 3. The summed E-state index contributed by atoms with van der Waals surface area (Å²) in [4.78, 5) is 24.9. The molecule has 35 heavy (non-hydrogen) atoms. The number of carbonyl (C=O) groups excluding carboxylic acids is 2. The molecule has 6 nitrogen and oxygen atoms in total. The summed E-state index contributed by atoms with van der Waals surface area (Å²) in [7, 11) is 0. The van der Waals surface area contributed by atoms with Gasteiger partial charge >= 0.3 is 13.2 Å². The van der Waals surface area contributed by atoms with Crippen LogP contribution in [0.15, 0.2) is 72.8 Å². The van der Waals surface area contributed by atoms with Crippen molar-refractivity contribution in [1.29, 1.82) is 0 Å². The Balaban J connectivity index is 1.73. The zero-order valence-electron chi connectivity index (χ0n) is 18.3. The molecular formula is C25H20F4N2O4. The third-order valence-corrected chi connectivity index (χ3v) is 4.72. The van der Waals surface area contributed by atoms with Gasteiger partial charge in [-0.25, -0.2) is 0 Å². The molecule has 0 saturated carbocycles. The van der Waals surface area contributed by atoms with Gasteiger partial charge in [-0.3, -0.25) is 9.59 Å². The topological polar surface area (TPSA) is 76.7 Å². The summed E-state index contributed by atoms with van der Waals surface area (Å²) in [5.74, 6) is -1.73. The molecule has 0 aliphatic heterocycles. The van der Waals surface area contributed by atoms with Crippen molar-refractivity contribution in [3.8, 4) is 11.5 Å². The molecule has 0 radical (unpaired) electrons. The maximum Gasteiger partial charge on any atom is 0.387 e. The number of nitrogens with one attached hydrogen (secondary N) is 2. The Morgan fingerprint density at radius 2 is 1.49 bits per heavy atom. The monoisotopic (exact) mass is 488 g/mol. The predicted octanol–water partition coefficient (Wildman–Crippen LogP) is 6.10. The number of alkyl halides is 4. The number of anilines is 2. The van der Waals surface area contributed by atoms with Crippen LogP contribution in [0.1, 0.15) is 21.5 Å². The summed E-state index contributed by atoms with van der Waals surface area (Å²) in [6, 6.07) is 16.7. The first-order valence-electron chi connectivity index (χ1n) is 10.2. The lowest BCUT2D eigenvalue weighted by Gasteiger charge is -2.13. The van der Waals surface area contributed by atoms with Crippen LogP contribution in [0.25, 0.3) is 6.08 Å². The highest BCUT2D eigenvalue weighted by Gasteiger charge is 2.13. The van der Waals surface area contributed by atoms with E-state index in [1.165, 1.54) is 12.1 Å². The van der Waals surface area contributed by atoms with Crippen LogP contribution >= 0.6 is 0 Å². The molecule has 3 aromatic rings. The van der Waals surface area contributed by atoms with Gasteiger partial charge < -0.3 is 20.1 Å². The molecule has 0 aromatic heterocycles. The second kappa shape index (κ2) is 11.7. The Kier molecular flexibility index (Phi) is 8.44. The van der Waals surface area contributed by atoms with Gasteiger partial charge in [0.15, 0.2) is 0 Å². The molecule has 0 unspecified atom stereocenters. The zero-order valence-corrected chi connectivity index (χ0v) is 18.3. The van der Waals surface area contributed by atoms with Gasteiger partial charge in [-0.15, -0.1) is 0 Å². The van der Waals surface area contributed by atoms with Crippen molar-refractivity contribution in [1.82, 2.24) is 0 Å². The first kappa shape index (κ1) is 25.3. The van der Waals surface area contributed by atoms with E-state index in [1.54, 1.807) is 55.5 Å². The molecule has 0 heterocycles. The van der Waals surface area contributed by atoms with E-state index < -0.39 is 24.9 Å². The molecule has 0 fully saturated rings. The summed E-state index contributed by atoms with van der Waals surface area (Å²) in [5.41, 5.74) is 2.01. The minimum Gasteiger partial charge on any atom is -0.435 e. The molecule has 0 atom stereocenters. The second-order valence-electron chi connectivity index (χ2n) is 7.08. The van der Waals surface area contributed by atoms with Gasteiger partial charge in [0.25, 0.3) is 5.91 Å². The summed E-state index contributed by atoms with van der Waals surface area (Å²) >= 11 is 0. The average Bonchev–Trinajstić information content (AvgIpc) is 2.81. The van der Waals surface area contributed by atoms with Gasteiger partial charge in [-0.05, 0) is 55.0 Å². The highest BCUT2D eigenvalue weighted by Crippen LogP contribution is 2.29. The first-order valence-corrected chi connectivity index (χ1v) is 10.2. The highest BCUT2D eigenvalue weighted by atomic mass is 19.3. The summed E-state index contributed by atoms with van der Waals surface area (Å²) in [5, 5.41) is 5.42. The summed E-state index contributed by atoms with van der Waals surface area (Å²) in [6.45, 7) is -4.65. The molecule has 3 aromatic carbocycles. The van der Waals surface area contributed by atoms with Gasteiger partial charge in [0.1, 0.15) is 11.5 Å². The molecule has 0 spiro atoms. The van der Waals surface area contributed by atoms with Crippen molar-refractivity contribution in [3.05, 3.63) is 89.5 Å². The maximum absolute atomic E-state index is 12.7. The van der Waals surface area contributed by atoms with E-state index in [0.717, 1.165) is 18.2 Å². The Morgan fingerprint density at radius 1 is 0.829 bits per heavy atom. The molecule has 10 heteroatoms. The first-order chi connectivity index (χ1) is 16.7. The number of rotatable bonds is 9. The number of amides is 2. The molecule has 3 rings (SSSR count). The van der Waals surface area contributed by atoms with Crippen molar-refractivity contribution in [2.75, 3.05) is 10.6 Å². The lowest BCUT2D eigenvalue weighted by molar-refractivity contribution is -0.111. The van der Waals surface area contributed by atoms with Gasteiger partial charge in [0.05, 0.1) is 0 Å². The average molecular weight is 488 g/mol. The minimum atomic E-state index is -3.21. The van der Waals surface area contributed by atoms with Gasteiger partial charge in [0, 0.05) is 34.6 Å². The fourth-order valence-corrected chi connectivity index (χ4v) is 3.06. The van der Waals surface area contributed by atoms with Gasteiger partial charge in [-0.1, -0.05) is 24.3 Å². The minimum absolute atomic E-state index is 0.0441. The molecule has 0 saturated heterocycles. The fraction of sp³-hybridized carbons (Fsp3) is 0.120. The number of carbonyl (C=O) groups is 2. The van der Waals surface area contributed by atoms with Crippen LogP contribution < -0.4 is 20.1 Å². The molecule has 2 N–H and O–H groups in total. The van der Waals surface area contributed by atoms with Crippen molar-refractivity contribution in [3.63, 3.8) is 0 Å². The predicted molar refractivity (Wildman–Crippen MR) is 123 cm³/mol. The molecule has 2 amide bonds. The van der Waals surface area contributed by atoms with Gasteiger partial charge in [-0.2, -0.15) is 17.6 Å². The van der Waals surface area contributed by atoms with E-state index in [4.69, 9.17) is 0 Å². The molecule has 0 aliphatic rings. The van der Waals surface area contributed by atoms with E-state index in [2.05, 4.69) is 20.1 Å². The molecular weight excluding hydrogens is 468 g/mol. The number of hydrogen-bond donors (Lipinski definition) is 2.